The van der Waals surface area contributed by atoms with Crippen LogP contribution in [0.2, 0.25) is 0 Å². The summed E-state index contributed by atoms with van der Waals surface area (Å²) in [5, 5.41) is 0. The number of aldehydes is 1. The van der Waals surface area contributed by atoms with Crippen LogP contribution < -0.4 is 5.73 Å². The molecule has 9 heavy (non-hydrogen) atoms. The topological polar surface area (TPSA) is 55.5 Å². The molecule has 0 heterocycles. The molecule has 0 saturated carbocycles. The summed E-state index contributed by atoms with van der Waals surface area (Å²) >= 11 is 1.94. The van der Waals surface area contributed by atoms with Gasteiger partial charge in [0.15, 0.2) is 6.29 Å². The average molecular weight is 238 g/mol. The molecule has 2 N–H and O–H groups in total. The van der Waals surface area contributed by atoms with Gasteiger partial charge in [0.05, 0.1) is 5.57 Å². The number of hydrogen-bond donors (Lipinski definition) is 1. The van der Waals surface area contributed by atoms with Gasteiger partial charge in [-0.1, -0.05) is 0 Å². The van der Waals surface area contributed by atoms with Crippen LogP contribution in [0.15, 0.2) is 16.8 Å². The van der Waals surface area contributed by atoms with Crippen molar-refractivity contribution in [3.8, 4) is 0 Å². The van der Waals surface area contributed by atoms with Crippen molar-refractivity contribution in [2.45, 2.75) is 0 Å². The maximum atomic E-state index is 10.1. The summed E-state index contributed by atoms with van der Waals surface area (Å²) in [4.78, 5) is 13.9. The van der Waals surface area contributed by atoms with E-state index in [0.29, 0.717) is 15.6 Å². The zero-order valence-corrected chi connectivity index (χ0v) is 7.12. The lowest BCUT2D eigenvalue weighted by molar-refractivity contribution is -0.104. The fourth-order valence-corrected chi connectivity index (χ4v) is 0.593. The molecule has 0 aliphatic rings. The van der Waals surface area contributed by atoms with Crippen LogP contribution in [0.4, 0.5) is 0 Å². The molecule has 0 aliphatic heterocycles. The van der Waals surface area contributed by atoms with Gasteiger partial charge in [0.1, 0.15) is 3.72 Å². The second-order valence-electron chi connectivity index (χ2n) is 1.25. The Morgan fingerprint density at radius 3 is 2.44 bits per heavy atom. The first-order valence-electron chi connectivity index (χ1n) is 2.26. The SMILES string of the molecule is CN=C(I)C(C=O)=CN. The van der Waals surface area contributed by atoms with E-state index in [1.165, 1.54) is 6.20 Å². The Hall–Kier alpha value is -0.390. The third-order valence-electron chi connectivity index (χ3n) is 0.741. The number of halogens is 1. The summed E-state index contributed by atoms with van der Waals surface area (Å²) < 4.78 is 0.630. The molecule has 0 atom stereocenters. The summed E-state index contributed by atoms with van der Waals surface area (Å²) in [6.07, 6.45) is 1.91. The number of hydrogen-bond acceptors (Lipinski definition) is 3. The van der Waals surface area contributed by atoms with Gasteiger partial charge in [0.25, 0.3) is 0 Å². The lowest BCUT2D eigenvalue weighted by Crippen LogP contribution is -1.97. The van der Waals surface area contributed by atoms with E-state index < -0.39 is 0 Å². The minimum absolute atomic E-state index is 0.429. The van der Waals surface area contributed by atoms with E-state index in [2.05, 4.69) is 4.99 Å². The number of aliphatic imine (C=N–C) groups is 1. The summed E-state index contributed by atoms with van der Waals surface area (Å²) in [7, 11) is 1.61. The van der Waals surface area contributed by atoms with E-state index in [-0.39, 0.29) is 0 Å². The van der Waals surface area contributed by atoms with Gasteiger partial charge in [-0.05, 0) is 22.6 Å². The van der Waals surface area contributed by atoms with E-state index in [9.17, 15) is 4.79 Å². The molecule has 50 valence electrons. The van der Waals surface area contributed by atoms with Crippen molar-refractivity contribution in [3.63, 3.8) is 0 Å². The molecular formula is C5H7IN2O. The van der Waals surface area contributed by atoms with Crippen LogP contribution in [0, 0.1) is 0 Å². The Kier molecular flexibility index (Phi) is 4.29. The molecule has 0 fully saturated rings. The van der Waals surface area contributed by atoms with Gasteiger partial charge in [-0.2, -0.15) is 0 Å². The minimum Gasteiger partial charge on any atom is -0.404 e. The van der Waals surface area contributed by atoms with Gasteiger partial charge in [0.2, 0.25) is 0 Å². The number of carbonyl (C=O) groups excluding carboxylic acids is 1. The highest BCUT2D eigenvalue weighted by molar-refractivity contribution is 14.1. The Morgan fingerprint density at radius 2 is 2.33 bits per heavy atom. The zero-order valence-electron chi connectivity index (χ0n) is 4.97. The summed E-state index contributed by atoms with van der Waals surface area (Å²) in [5.41, 5.74) is 5.51. The Morgan fingerprint density at radius 1 is 1.78 bits per heavy atom. The summed E-state index contributed by atoms with van der Waals surface area (Å²) in [5.74, 6) is 0. The monoisotopic (exact) mass is 238 g/mol. The minimum atomic E-state index is 0.429. The van der Waals surface area contributed by atoms with Gasteiger partial charge in [-0.15, -0.1) is 0 Å². The fourth-order valence-electron chi connectivity index (χ4n) is 0.286. The first kappa shape index (κ1) is 8.61. The van der Waals surface area contributed by atoms with Gasteiger partial charge >= 0.3 is 0 Å². The first-order valence-corrected chi connectivity index (χ1v) is 3.33. The first-order chi connectivity index (χ1) is 4.26. The van der Waals surface area contributed by atoms with Crippen LogP contribution in [0.25, 0.3) is 0 Å². The quantitative estimate of drug-likeness (QED) is 0.329. The third kappa shape index (κ3) is 2.59. The zero-order chi connectivity index (χ0) is 7.28. The van der Waals surface area contributed by atoms with Crippen LogP contribution in [-0.4, -0.2) is 17.1 Å². The molecule has 0 aromatic carbocycles. The maximum Gasteiger partial charge on any atom is 0.154 e. The molecule has 0 aromatic rings. The largest absolute Gasteiger partial charge is 0.404 e. The van der Waals surface area contributed by atoms with Crippen molar-refractivity contribution in [2.75, 3.05) is 7.05 Å². The highest BCUT2D eigenvalue weighted by Crippen LogP contribution is 1.99. The van der Waals surface area contributed by atoms with Crippen LogP contribution in [-0.2, 0) is 4.79 Å². The normalized spacial score (nSPS) is 13.6. The maximum absolute atomic E-state index is 10.1. The second-order valence-corrected chi connectivity index (χ2v) is 2.28. The molecule has 0 spiro atoms. The van der Waals surface area contributed by atoms with Crippen molar-refractivity contribution < 1.29 is 4.79 Å². The average Bonchev–Trinajstić information content (AvgIpc) is 1.90. The summed E-state index contributed by atoms with van der Waals surface area (Å²) in [6.45, 7) is 0. The number of allylic oxidation sites excluding steroid dienone is 1. The van der Waals surface area contributed by atoms with Crippen LogP contribution in [0.1, 0.15) is 0 Å². The summed E-state index contributed by atoms with van der Waals surface area (Å²) in [6, 6.07) is 0. The molecule has 0 rings (SSSR count). The molecule has 0 radical (unpaired) electrons. The van der Waals surface area contributed by atoms with E-state index in [0.717, 1.165) is 0 Å². The van der Waals surface area contributed by atoms with Crippen LogP contribution in [0.5, 0.6) is 0 Å². The molecular weight excluding hydrogens is 231 g/mol. The predicted octanol–water partition coefficient (Wildman–Crippen LogP) is 0.491. The number of rotatable bonds is 2. The molecule has 0 aromatic heterocycles. The van der Waals surface area contributed by atoms with Crippen molar-refractivity contribution in [1.82, 2.24) is 0 Å². The molecule has 0 bridgehead atoms. The van der Waals surface area contributed by atoms with Crippen molar-refractivity contribution in [3.05, 3.63) is 11.8 Å². The molecule has 0 unspecified atom stereocenters. The molecule has 0 amide bonds. The highest BCUT2D eigenvalue weighted by atomic mass is 127. The van der Waals surface area contributed by atoms with Crippen molar-refractivity contribution in [2.24, 2.45) is 10.7 Å². The number of nitrogens with two attached hydrogens (primary N) is 1. The number of carbonyl (C=O) groups is 1. The smallest absolute Gasteiger partial charge is 0.154 e. The lowest BCUT2D eigenvalue weighted by atomic mass is 10.3. The molecule has 4 heteroatoms. The third-order valence-corrected chi connectivity index (χ3v) is 1.85. The van der Waals surface area contributed by atoms with Crippen molar-refractivity contribution >= 4 is 32.6 Å². The molecule has 0 aliphatic carbocycles. The second kappa shape index (κ2) is 4.49. The van der Waals surface area contributed by atoms with E-state index in [1.54, 1.807) is 7.05 Å². The van der Waals surface area contributed by atoms with Gasteiger partial charge in [-0.3, -0.25) is 9.79 Å². The van der Waals surface area contributed by atoms with Gasteiger partial charge < -0.3 is 5.73 Å². The van der Waals surface area contributed by atoms with Crippen molar-refractivity contribution in [1.29, 1.82) is 0 Å². The van der Waals surface area contributed by atoms with E-state index >= 15 is 0 Å². The van der Waals surface area contributed by atoms with Gasteiger partial charge in [0, 0.05) is 13.2 Å². The molecule has 3 nitrogen and oxygen atoms in total. The predicted molar refractivity (Wildman–Crippen MR) is 45.7 cm³/mol. The lowest BCUT2D eigenvalue weighted by Gasteiger charge is -1.90. The fraction of sp³-hybridized carbons (Fsp3) is 0.200. The standard InChI is InChI=1S/C5H7IN2O/c1-8-5(6)4(2-7)3-9/h2-3H,7H2,1H3. The Bertz CT molecular complexity index is 162. The van der Waals surface area contributed by atoms with Crippen LogP contribution in [0.3, 0.4) is 0 Å². The van der Waals surface area contributed by atoms with Gasteiger partial charge in [-0.25, -0.2) is 0 Å². The highest BCUT2D eigenvalue weighted by Gasteiger charge is 1.96. The Labute approximate surface area is 67.2 Å². The number of nitrogens with zero attached hydrogens (tertiary/aromatic N) is 1. The van der Waals surface area contributed by atoms with Crippen LogP contribution >= 0.6 is 22.6 Å². The molecule has 0 saturated heterocycles. The van der Waals surface area contributed by atoms with E-state index in [1.807, 2.05) is 22.6 Å². The Balaban J connectivity index is 4.32. The van der Waals surface area contributed by atoms with E-state index in [4.69, 9.17) is 5.73 Å².